The molecule has 5 nitrogen and oxygen atoms in total. The van der Waals surface area contributed by atoms with E-state index in [0.29, 0.717) is 11.8 Å². The summed E-state index contributed by atoms with van der Waals surface area (Å²) in [6.07, 6.45) is 7.89. The van der Waals surface area contributed by atoms with E-state index in [1.165, 1.54) is 44.2 Å². The number of carboxylic acid groups (broad SMARTS) is 1. The Balaban J connectivity index is 0.000000730. The number of rotatable bonds is 4. The van der Waals surface area contributed by atoms with Crippen molar-refractivity contribution in [2.75, 3.05) is 31.1 Å². The zero-order valence-corrected chi connectivity index (χ0v) is 18.8. The van der Waals surface area contributed by atoms with Crippen LogP contribution in [-0.2, 0) is 9.59 Å². The van der Waals surface area contributed by atoms with Crippen LogP contribution in [-0.4, -0.2) is 48.6 Å². The standard InChI is InChI=1S/C24H30N2OS.CH2O2/c27-23-24(12-13-26(23)21-11-14-28-17-21)18-25(15-19-7-3-1-4-8-19)16-22(24)20-9-5-2-6-10-20;2-1-3/h2,5-6,9-11,14,17,19,22H,1,3-4,7-8,12-13,15-16,18H2;1H,(H,2,3)/t22-,24+;/m0./s1. The number of amides is 1. The molecular formula is C25H32N2O3S. The monoisotopic (exact) mass is 440 g/mol. The molecule has 2 aliphatic heterocycles. The lowest BCUT2D eigenvalue weighted by Gasteiger charge is -2.29. The van der Waals surface area contributed by atoms with E-state index in [4.69, 9.17) is 9.90 Å². The second-order valence-electron chi connectivity index (χ2n) is 9.11. The van der Waals surface area contributed by atoms with Gasteiger partial charge in [-0.3, -0.25) is 9.59 Å². The number of likely N-dealkylation sites (tertiary alicyclic amines) is 1. The molecular weight excluding hydrogens is 408 g/mol. The number of carbonyl (C=O) groups excluding carboxylic acids is 1. The molecule has 3 aliphatic rings. The van der Waals surface area contributed by atoms with Crippen LogP contribution in [0.5, 0.6) is 0 Å². The third-order valence-electron chi connectivity index (χ3n) is 7.33. The quantitative estimate of drug-likeness (QED) is 0.691. The second-order valence-corrected chi connectivity index (χ2v) is 9.89. The van der Waals surface area contributed by atoms with E-state index < -0.39 is 0 Å². The van der Waals surface area contributed by atoms with Crippen LogP contribution in [0.1, 0.15) is 50.0 Å². The van der Waals surface area contributed by atoms with Crippen molar-refractivity contribution in [3.63, 3.8) is 0 Å². The van der Waals surface area contributed by atoms with Crippen molar-refractivity contribution in [3.05, 3.63) is 52.7 Å². The summed E-state index contributed by atoms with van der Waals surface area (Å²) < 4.78 is 0. The lowest BCUT2D eigenvalue weighted by Crippen LogP contribution is -2.40. The van der Waals surface area contributed by atoms with Gasteiger partial charge in [0.25, 0.3) is 6.47 Å². The van der Waals surface area contributed by atoms with Crippen molar-refractivity contribution in [2.24, 2.45) is 11.3 Å². The molecule has 0 unspecified atom stereocenters. The zero-order chi connectivity index (χ0) is 21.7. The SMILES string of the molecule is O=C1N(c2ccsc2)CC[C@]12CN(CC1CCCCC1)C[C@H]2c1ccccc1.O=CO. The Morgan fingerprint density at radius 2 is 1.87 bits per heavy atom. The highest BCUT2D eigenvalue weighted by atomic mass is 32.1. The Morgan fingerprint density at radius 3 is 2.55 bits per heavy atom. The summed E-state index contributed by atoms with van der Waals surface area (Å²) in [4.78, 5) is 26.8. The minimum absolute atomic E-state index is 0.250. The molecule has 3 heterocycles. The number of carbonyl (C=O) groups is 2. The van der Waals surface area contributed by atoms with Gasteiger partial charge in [-0.05, 0) is 42.2 Å². The Hall–Kier alpha value is -2.18. The minimum atomic E-state index is -0.252. The Bertz CT molecular complexity index is 851. The largest absolute Gasteiger partial charge is 0.483 e. The number of anilines is 1. The molecule has 1 saturated carbocycles. The lowest BCUT2D eigenvalue weighted by molar-refractivity contribution is -0.125. The minimum Gasteiger partial charge on any atom is -0.483 e. The number of thiophene rings is 1. The van der Waals surface area contributed by atoms with Crippen molar-refractivity contribution >= 4 is 29.4 Å². The summed E-state index contributed by atoms with van der Waals surface area (Å²) in [5.41, 5.74) is 2.18. The molecule has 1 spiro atoms. The molecule has 1 aliphatic carbocycles. The van der Waals surface area contributed by atoms with Gasteiger partial charge < -0.3 is 14.9 Å². The summed E-state index contributed by atoms with van der Waals surface area (Å²) in [7, 11) is 0. The molecule has 2 aromatic rings. The molecule has 6 heteroatoms. The summed E-state index contributed by atoms with van der Waals surface area (Å²) in [5, 5.41) is 11.1. The van der Waals surface area contributed by atoms with Gasteiger partial charge in [-0.25, -0.2) is 0 Å². The number of nitrogens with zero attached hydrogens (tertiary/aromatic N) is 2. The highest BCUT2D eigenvalue weighted by molar-refractivity contribution is 7.08. The van der Waals surface area contributed by atoms with Crippen LogP contribution in [0.4, 0.5) is 5.69 Å². The van der Waals surface area contributed by atoms with E-state index in [1.54, 1.807) is 11.3 Å². The van der Waals surface area contributed by atoms with Crippen molar-refractivity contribution in [2.45, 2.75) is 44.4 Å². The Morgan fingerprint density at radius 1 is 1.13 bits per heavy atom. The van der Waals surface area contributed by atoms with Gasteiger partial charge in [-0.15, -0.1) is 0 Å². The average molecular weight is 441 g/mol. The predicted molar refractivity (Wildman–Crippen MR) is 125 cm³/mol. The molecule has 0 radical (unpaired) electrons. The summed E-state index contributed by atoms with van der Waals surface area (Å²) in [6, 6.07) is 12.9. The summed E-state index contributed by atoms with van der Waals surface area (Å²) in [5.74, 6) is 1.49. The molecule has 2 atom stereocenters. The molecule has 31 heavy (non-hydrogen) atoms. The van der Waals surface area contributed by atoms with Crippen molar-refractivity contribution in [1.82, 2.24) is 4.90 Å². The highest BCUT2D eigenvalue weighted by Gasteiger charge is 2.57. The molecule has 3 fully saturated rings. The lowest BCUT2D eigenvalue weighted by atomic mass is 9.73. The van der Waals surface area contributed by atoms with Gasteiger partial charge in [-0.2, -0.15) is 11.3 Å². The van der Waals surface area contributed by atoms with E-state index in [2.05, 4.69) is 57.0 Å². The smallest absolute Gasteiger partial charge is 0.290 e. The van der Waals surface area contributed by atoms with E-state index in [0.717, 1.165) is 37.7 Å². The Kier molecular flexibility index (Phi) is 7.08. The number of hydrogen-bond donors (Lipinski definition) is 1. The van der Waals surface area contributed by atoms with E-state index in [9.17, 15) is 4.79 Å². The van der Waals surface area contributed by atoms with Gasteiger partial charge in [0.2, 0.25) is 5.91 Å². The van der Waals surface area contributed by atoms with E-state index in [-0.39, 0.29) is 11.9 Å². The molecule has 166 valence electrons. The molecule has 1 aromatic carbocycles. The van der Waals surface area contributed by atoms with Crippen molar-refractivity contribution < 1.29 is 14.7 Å². The summed E-state index contributed by atoms with van der Waals surface area (Å²) in [6.45, 7) is 3.75. The van der Waals surface area contributed by atoms with E-state index >= 15 is 0 Å². The Labute approximate surface area is 188 Å². The van der Waals surface area contributed by atoms with Crippen molar-refractivity contribution in [1.29, 1.82) is 0 Å². The van der Waals surface area contributed by atoms with Gasteiger partial charge in [0.15, 0.2) is 0 Å². The first-order valence-corrected chi connectivity index (χ1v) is 12.3. The van der Waals surface area contributed by atoms with Crippen LogP contribution in [0.2, 0.25) is 0 Å². The fourth-order valence-corrected chi connectivity index (χ4v) is 6.55. The normalized spacial score (nSPS) is 26.8. The second kappa shape index (κ2) is 9.96. The fraction of sp³-hybridized carbons (Fsp3) is 0.520. The first kappa shape index (κ1) is 22.0. The first-order valence-electron chi connectivity index (χ1n) is 11.4. The third-order valence-corrected chi connectivity index (χ3v) is 8.00. The van der Waals surface area contributed by atoms with Gasteiger partial charge in [0, 0.05) is 37.5 Å². The van der Waals surface area contributed by atoms with Crippen molar-refractivity contribution in [3.8, 4) is 0 Å². The molecule has 1 N–H and O–H groups in total. The molecule has 2 saturated heterocycles. The number of benzene rings is 1. The molecule has 1 amide bonds. The van der Waals surface area contributed by atoms with Crippen LogP contribution in [0, 0.1) is 11.3 Å². The molecule has 5 rings (SSSR count). The maximum absolute atomic E-state index is 13.8. The maximum atomic E-state index is 13.8. The van der Waals surface area contributed by atoms with Crippen LogP contribution >= 0.6 is 11.3 Å². The third kappa shape index (κ3) is 4.55. The van der Waals surface area contributed by atoms with Gasteiger partial charge in [-0.1, -0.05) is 49.6 Å². The fourth-order valence-electron chi connectivity index (χ4n) is 5.91. The zero-order valence-electron chi connectivity index (χ0n) is 18.0. The molecule has 1 aromatic heterocycles. The maximum Gasteiger partial charge on any atom is 0.290 e. The topological polar surface area (TPSA) is 60.9 Å². The van der Waals surface area contributed by atoms with Crippen LogP contribution in [0.3, 0.4) is 0 Å². The average Bonchev–Trinajstić information content (AvgIpc) is 3.51. The first-order chi connectivity index (χ1) is 15.2. The predicted octanol–water partition coefficient (Wildman–Crippen LogP) is 4.85. The van der Waals surface area contributed by atoms with Crippen LogP contribution < -0.4 is 4.90 Å². The summed E-state index contributed by atoms with van der Waals surface area (Å²) >= 11 is 1.68. The van der Waals surface area contributed by atoms with Gasteiger partial charge in [0.05, 0.1) is 11.1 Å². The number of hydrogen-bond acceptors (Lipinski definition) is 4. The molecule has 0 bridgehead atoms. The van der Waals surface area contributed by atoms with E-state index in [1.807, 2.05) is 0 Å². The highest BCUT2D eigenvalue weighted by Crippen LogP contribution is 2.51. The van der Waals surface area contributed by atoms with Gasteiger partial charge >= 0.3 is 0 Å². The van der Waals surface area contributed by atoms with Gasteiger partial charge in [0.1, 0.15) is 0 Å². The van der Waals surface area contributed by atoms with Crippen LogP contribution in [0.25, 0.3) is 0 Å². The van der Waals surface area contributed by atoms with Crippen LogP contribution in [0.15, 0.2) is 47.2 Å².